The van der Waals surface area contributed by atoms with Crippen LogP contribution in [-0.4, -0.2) is 26.9 Å². The van der Waals surface area contributed by atoms with Crippen LogP contribution in [-0.2, 0) is 5.75 Å². The summed E-state index contributed by atoms with van der Waals surface area (Å²) in [5.41, 5.74) is 2.12. The van der Waals surface area contributed by atoms with Crippen molar-refractivity contribution in [2.45, 2.75) is 23.8 Å². The molecular weight excluding hydrogens is 396 g/mol. The molecule has 1 aromatic heterocycles. The summed E-state index contributed by atoms with van der Waals surface area (Å²) in [5, 5.41) is 3.54. The third-order valence-corrected chi connectivity index (χ3v) is 6.71. The fourth-order valence-corrected chi connectivity index (χ4v) is 4.62. The van der Waals surface area contributed by atoms with Crippen molar-refractivity contribution < 1.29 is 18.1 Å². The molecule has 1 atom stereocenters. The van der Waals surface area contributed by atoms with Gasteiger partial charge in [-0.15, -0.1) is 11.2 Å². The average molecular weight is 417 g/mol. The molecule has 1 heterocycles. The highest BCUT2D eigenvalue weighted by Crippen LogP contribution is 2.45. The summed E-state index contributed by atoms with van der Waals surface area (Å²) in [5.74, 6) is -0.0715. The van der Waals surface area contributed by atoms with E-state index in [1.165, 1.54) is 25.3 Å². The van der Waals surface area contributed by atoms with Crippen molar-refractivity contribution in [2.75, 3.05) is 12.4 Å². The molecule has 0 aliphatic heterocycles. The molecule has 29 heavy (non-hydrogen) atoms. The number of hydrogen-bond donors (Lipinski definition) is 3. The van der Waals surface area contributed by atoms with E-state index in [0.29, 0.717) is 16.6 Å². The predicted molar refractivity (Wildman–Crippen MR) is 112 cm³/mol. The van der Waals surface area contributed by atoms with Crippen molar-refractivity contribution >= 4 is 22.8 Å². The number of nitrogens with one attached hydrogen (secondary N) is 1. The van der Waals surface area contributed by atoms with Crippen molar-refractivity contribution in [3.63, 3.8) is 0 Å². The Morgan fingerprint density at radius 2 is 2.03 bits per heavy atom. The van der Waals surface area contributed by atoms with Gasteiger partial charge in [0.25, 0.3) is 0 Å². The van der Waals surface area contributed by atoms with Crippen LogP contribution in [0.25, 0.3) is 11.3 Å². The highest BCUT2D eigenvalue weighted by atomic mass is 32.2. The smallest absolute Gasteiger partial charge is 0.227 e. The normalized spacial score (nSPS) is 15.1. The zero-order chi connectivity index (χ0) is 20.4. The van der Waals surface area contributed by atoms with Crippen LogP contribution >= 0.6 is 11.2 Å². The lowest BCUT2D eigenvalue weighted by molar-refractivity contribution is 0.412. The van der Waals surface area contributed by atoms with E-state index in [9.17, 15) is 13.3 Å². The molecule has 1 aliphatic carbocycles. The van der Waals surface area contributed by atoms with Gasteiger partial charge in [0.15, 0.2) is 5.82 Å². The molecule has 4 rings (SSSR count). The molecule has 0 spiro atoms. The third kappa shape index (κ3) is 4.65. The summed E-state index contributed by atoms with van der Waals surface area (Å²) in [6, 6.07) is 11.5. The zero-order valence-electron chi connectivity index (χ0n) is 15.8. The first-order valence-electron chi connectivity index (χ1n) is 9.21. The summed E-state index contributed by atoms with van der Waals surface area (Å²) >= 11 is -0.978. The molecule has 3 aromatic rings. The predicted octanol–water partition coefficient (Wildman–Crippen LogP) is 5.31. The van der Waals surface area contributed by atoms with E-state index in [4.69, 9.17) is 4.74 Å². The van der Waals surface area contributed by atoms with Crippen molar-refractivity contribution in [1.29, 1.82) is 0 Å². The van der Waals surface area contributed by atoms with E-state index in [1.54, 1.807) is 0 Å². The number of methoxy groups -OCH3 is 1. The minimum absolute atomic E-state index is 0.0168. The van der Waals surface area contributed by atoms with Crippen molar-refractivity contribution in [3.05, 3.63) is 65.9 Å². The molecule has 2 aromatic carbocycles. The molecule has 152 valence electrons. The average Bonchev–Trinajstić information content (AvgIpc) is 3.55. The second kappa shape index (κ2) is 8.34. The summed E-state index contributed by atoms with van der Waals surface area (Å²) in [6.07, 6.45) is 3.29. The minimum atomic E-state index is -0.978. The molecular formula is C21H21F2N3O2S. The maximum atomic E-state index is 14.4. The molecule has 8 heteroatoms. The van der Waals surface area contributed by atoms with Crippen LogP contribution in [0.15, 0.2) is 48.7 Å². The van der Waals surface area contributed by atoms with E-state index in [0.717, 1.165) is 30.3 Å². The summed E-state index contributed by atoms with van der Waals surface area (Å²) in [4.78, 5) is 8.26. The molecule has 1 unspecified atom stereocenters. The molecule has 0 amide bonds. The van der Waals surface area contributed by atoms with Crippen LogP contribution in [0.2, 0.25) is 0 Å². The number of aromatic nitrogens is 2. The van der Waals surface area contributed by atoms with Crippen LogP contribution in [0.5, 0.6) is 5.75 Å². The fraction of sp³-hybridized carbons (Fsp3) is 0.238. The number of thiol groups is 1. The Balaban J connectivity index is 1.58. The van der Waals surface area contributed by atoms with Crippen molar-refractivity contribution in [3.8, 4) is 17.0 Å². The number of anilines is 2. The van der Waals surface area contributed by atoms with Gasteiger partial charge in [-0.25, -0.2) is 18.7 Å². The largest absolute Gasteiger partial charge is 0.496 e. The van der Waals surface area contributed by atoms with Crippen LogP contribution < -0.4 is 10.1 Å². The number of ether oxygens (including phenoxy) is 1. The highest BCUT2D eigenvalue weighted by Gasteiger charge is 2.27. The van der Waals surface area contributed by atoms with E-state index in [-0.39, 0.29) is 17.4 Å². The molecule has 0 saturated heterocycles. The topological polar surface area (TPSA) is 67.3 Å². The number of nitrogens with zero attached hydrogens (tertiary/aromatic N) is 2. The van der Waals surface area contributed by atoms with Gasteiger partial charge in [-0.2, -0.15) is 0 Å². The number of benzene rings is 2. The Kier molecular flexibility index (Phi) is 5.64. The molecule has 1 saturated carbocycles. The quantitative estimate of drug-likeness (QED) is 0.455. The summed E-state index contributed by atoms with van der Waals surface area (Å²) in [7, 11) is 1.39. The first kappa shape index (κ1) is 19.6. The van der Waals surface area contributed by atoms with E-state index in [1.807, 2.05) is 24.3 Å². The minimum Gasteiger partial charge on any atom is -0.496 e. The molecule has 0 radical (unpaired) electrons. The number of rotatable bonds is 7. The lowest BCUT2D eigenvalue weighted by Crippen LogP contribution is -2.02. The van der Waals surface area contributed by atoms with E-state index >= 15 is 0 Å². The molecule has 0 bridgehead atoms. The van der Waals surface area contributed by atoms with Crippen LogP contribution in [0.4, 0.5) is 20.4 Å². The van der Waals surface area contributed by atoms with Gasteiger partial charge in [-0.05, 0) is 42.7 Å². The van der Waals surface area contributed by atoms with Crippen LogP contribution in [0.3, 0.4) is 0 Å². The van der Waals surface area contributed by atoms with E-state index < -0.39 is 22.8 Å². The molecule has 2 N–H and O–H groups in total. The van der Waals surface area contributed by atoms with Crippen molar-refractivity contribution in [2.24, 2.45) is 0 Å². The highest BCUT2D eigenvalue weighted by molar-refractivity contribution is 8.12. The van der Waals surface area contributed by atoms with Gasteiger partial charge in [0.2, 0.25) is 5.95 Å². The van der Waals surface area contributed by atoms with Gasteiger partial charge in [0.1, 0.15) is 17.3 Å². The van der Waals surface area contributed by atoms with Gasteiger partial charge < -0.3 is 14.6 Å². The zero-order valence-corrected chi connectivity index (χ0v) is 16.7. The van der Waals surface area contributed by atoms with Gasteiger partial charge >= 0.3 is 0 Å². The lowest BCUT2D eigenvalue weighted by atomic mass is 10.1. The van der Waals surface area contributed by atoms with Crippen molar-refractivity contribution in [1.82, 2.24) is 9.97 Å². The van der Waals surface area contributed by atoms with Crippen LogP contribution in [0, 0.1) is 11.6 Å². The Bertz CT molecular complexity index is 1030. The molecule has 1 fully saturated rings. The number of hydrogen-bond acceptors (Lipinski definition) is 5. The summed E-state index contributed by atoms with van der Waals surface area (Å²) < 4.78 is 43.2. The first-order valence-corrected chi connectivity index (χ1v) is 10.8. The van der Waals surface area contributed by atoms with Gasteiger partial charge in [0, 0.05) is 28.3 Å². The number of halogens is 2. The lowest BCUT2D eigenvalue weighted by Gasteiger charge is -2.15. The standard InChI is InChI=1S/C21H21F2N3O2S/c1-28-19-10-14(22)5-8-17(19)20-18(23)11-24-21(26-20)25-15-4-2-3-13(9-15)12-29(27)16-6-7-16/h2-5,8-11,16,27,29H,6-7,12H2,1H3,(H,24,25,26). The Hall–Kier alpha value is -2.71. The molecule has 1 aliphatic rings. The maximum Gasteiger partial charge on any atom is 0.227 e. The monoisotopic (exact) mass is 417 g/mol. The Labute approximate surface area is 170 Å². The summed E-state index contributed by atoms with van der Waals surface area (Å²) in [6.45, 7) is 0. The fourth-order valence-electron chi connectivity index (χ4n) is 3.04. The second-order valence-corrected chi connectivity index (χ2v) is 8.81. The maximum absolute atomic E-state index is 14.4. The third-order valence-electron chi connectivity index (χ3n) is 4.66. The Morgan fingerprint density at radius 1 is 1.21 bits per heavy atom. The first-order chi connectivity index (χ1) is 14.0. The van der Waals surface area contributed by atoms with Crippen LogP contribution in [0.1, 0.15) is 18.4 Å². The van der Waals surface area contributed by atoms with E-state index in [2.05, 4.69) is 15.3 Å². The SMILES string of the molecule is COc1cc(F)ccc1-c1nc(Nc2cccc(C[SH](O)C3CC3)c2)ncc1F. The van der Waals surface area contributed by atoms with Gasteiger partial charge in [-0.3, -0.25) is 0 Å². The molecule has 5 nitrogen and oxygen atoms in total. The van der Waals surface area contributed by atoms with Gasteiger partial charge in [0.05, 0.1) is 13.3 Å². The second-order valence-electron chi connectivity index (χ2n) is 6.89. The Morgan fingerprint density at radius 3 is 2.79 bits per heavy atom. The van der Waals surface area contributed by atoms with Gasteiger partial charge in [-0.1, -0.05) is 12.1 Å².